The standard InChI is InChI=1S/C25H18FN5O2/c26-16-3-7-19(8-4-16)31-14-1-2-21(25(31)33)24(32)29-17-5-9-18(10-6-17)30-15-12-20-22(30)11-13-28-23(20)27/h1-15H,(H2,27,28)(H,29,32). The van der Waals surface area contributed by atoms with Gasteiger partial charge in [0.15, 0.2) is 0 Å². The number of amides is 1. The van der Waals surface area contributed by atoms with E-state index in [2.05, 4.69) is 10.3 Å². The Balaban J connectivity index is 1.39. The monoisotopic (exact) mass is 439 g/mol. The van der Waals surface area contributed by atoms with E-state index in [9.17, 15) is 14.0 Å². The summed E-state index contributed by atoms with van der Waals surface area (Å²) in [6.07, 6.45) is 5.09. The molecule has 0 radical (unpaired) electrons. The fraction of sp³-hybridized carbons (Fsp3) is 0. The highest BCUT2D eigenvalue weighted by atomic mass is 19.1. The molecule has 162 valence electrons. The van der Waals surface area contributed by atoms with E-state index < -0.39 is 17.3 Å². The summed E-state index contributed by atoms with van der Waals surface area (Å²) in [6, 6.07) is 19.5. The second-order valence-corrected chi connectivity index (χ2v) is 7.39. The zero-order valence-corrected chi connectivity index (χ0v) is 17.3. The number of carbonyl (C=O) groups is 1. The van der Waals surface area contributed by atoms with Crippen LogP contribution < -0.4 is 16.6 Å². The molecule has 0 spiro atoms. The van der Waals surface area contributed by atoms with Gasteiger partial charge in [-0.05, 0) is 72.8 Å². The number of nitrogens with two attached hydrogens (primary N) is 1. The minimum absolute atomic E-state index is 0.0229. The van der Waals surface area contributed by atoms with Crippen LogP contribution in [-0.4, -0.2) is 20.0 Å². The number of nitrogens with one attached hydrogen (secondary N) is 1. The maximum Gasteiger partial charge on any atom is 0.267 e. The fourth-order valence-corrected chi connectivity index (χ4v) is 3.69. The van der Waals surface area contributed by atoms with Crippen molar-refractivity contribution < 1.29 is 9.18 Å². The van der Waals surface area contributed by atoms with Crippen LogP contribution in [0.4, 0.5) is 15.9 Å². The minimum Gasteiger partial charge on any atom is -0.383 e. The summed E-state index contributed by atoms with van der Waals surface area (Å²) in [4.78, 5) is 29.7. The smallest absolute Gasteiger partial charge is 0.267 e. The second-order valence-electron chi connectivity index (χ2n) is 7.39. The molecule has 0 saturated heterocycles. The van der Waals surface area contributed by atoms with Crippen LogP contribution in [0.15, 0.2) is 96.2 Å². The molecule has 3 N–H and O–H groups in total. The number of benzene rings is 2. The number of halogens is 1. The maximum atomic E-state index is 13.2. The lowest BCUT2D eigenvalue weighted by Gasteiger charge is -2.10. The number of aromatic nitrogens is 3. The molecule has 0 unspecified atom stereocenters. The van der Waals surface area contributed by atoms with Gasteiger partial charge in [-0.1, -0.05) is 0 Å². The Labute approximate surface area is 187 Å². The number of anilines is 2. The Morgan fingerprint density at radius 3 is 2.33 bits per heavy atom. The molecule has 0 aliphatic heterocycles. The molecular weight excluding hydrogens is 421 g/mol. The second kappa shape index (κ2) is 8.08. The van der Waals surface area contributed by atoms with Crippen molar-refractivity contribution in [3.63, 3.8) is 0 Å². The van der Waals surface area contributed by atoms with Crippen molar-refractivity contribution in [1.29, 1.82) is 0 Å². The zero-order chi connectivity index (χ0) is 22.9. The van der Waals surface area contributed by atoms with E-state index >= 15 is 0 Å². The molecule has 0 atom stereocenters. The van der Waals surface area contributed by atoms with Crippen molar-refractivity contribution in [1.82, 2.24) is 14.1 Å². The van der Waals surface area contributed by atoms with Gasteiger partial charge in [-0.3, -0.25) is 14.2 Å². The van der Waals surface area contributed by atoms with E-state index in [1.807, 2.05) is 35.0 Å². The minimum atomic E-state index is -0.533. The zero-order valence-electron chi connectivity index (χ0n) is 17.3. The largest absolute Gasteiger partial charge is 0.383 e. The summed E-state index contributed by atoms with van der Waals surface area (Å²) >= 11 is 0. The Morgan fingerprint density at radius 2 is 1.58 bits per heavy atom. The van der Waals surface area contributed by atoms with Crippen LogP contribution in [0.25, 0.3) is 22.3 Å². The van der Waals surface area contributed by atoms with Crippen LogP contribution in [0, 0.1) is 5.82 Å². The first-order valence-corrected chi connectivity index (χ1v) is 10.1. The Bertz CT molecular complexity index is 1540. The third kappa shape index (κ3) is 3.74. The number of carbonyl (C=O) groups excluding carboxylic acids is 1. The van der Waals surface area contributed by atoms with E-state index in [-0.39, 0.29) is 5.56 Å². The van der Waals surface area contributed by atoms with Gasteiger partial charge in [-0.15, -0.1) is 0 Å². The summed E-state index contributed by atoms with van der Waals surface area (Å²) in [5, 5.41) is 3.61. The summed E-state index contributed by atoms with van der Waals surface area (Å²) in [7, 11) is 0. The molecule has 0 fully saturated rings. The quantitative estimate of drug-likeness (QED) is 0.440. The summed E-state index contributed by atoms with van der Waals surface area (Å²) in [5.74, 6) is -0.476. The molecule has 0 bridgehead atoms. The number of nitrogens with zero attached hydrogens (tertiary/aromatic N) is 3. The normalized spacial score (nSPS) is 10.9. The van der Waals surface area contributed by atoms with E-state index in [1.165, 1.54) is 41.1 Å². The van der Waals surface area contributed by atoms with Gasteiger partial charge in [0.1, 0.15) is 17.2 Å². The van der Waals surface area contributed by atoms with Crippen molar-refractivity contribution >= 4 is 28.3 Å². The predicted molar refractivity (Wildman–Crippen MR) is 125 cm³/mol. The van der Waals surface area contributed by atoms with Gasteiger partial charge in [0, 0.05) is 41.0 Å². The van der Waals surface area contributed by atoms with Gasteiger partial charge in [0.2, 0.25) is 0 Å². The number of hydrogen-bond acceptors (Lipinski definition) is 4. The van der Waals surface area contributed by atoms with Crippen LogP contribution in [0.1, 0.15) is 10.4 Å². The molecule has 3 heterocycles. The molecule has 1 amide bonds. The lowest BCUT2D eigenvalue weighted by molar-refractivity contribution is 0.102. The first-order valence-electron chi connectivity index (χ1n) is 10.1. The predicted octanol–water partition coefficient (Wildman–Crippen LogP) is 4.15. The van der Waals surface area contributed by atoms with Gasteiger partial charge in [-0.2, -0.15) is 0 Å². The SMILES string of the molecule is Nc1nccc2c1ccn2-c1ccc(NC(=O)c2cccn(-c3ccc(F)cc3)c2=O)cc1. The number of hydrogen-bond donors (Lipinski definition) is 2. The summed E-state index contributed by atoms with van der Waals surface area (Å²) in [6.45, 7) is 0. The number of fused-ring (bicyclic) bond motifs is 1. The third-order valence-electron chi connectivity index (χ3n) is 5.35. The van der Waals surface area contributed by atoms with E-state index in [0.29, 0.717) is 17.2 Å². The van der Waals surface area contributed by atoms with E-state index in [1.54, 1.807) is 24.4 Å². The summed E-state index contributed by atoms with van der Waals surface area (Å²) in [5.41, 5.74) is 8.22. The molecule has 0 saturated carbocycles. The highest BCUT2D eigenvalue weighted by molar-refractivity contribution is 6.04. The van der Waals surface area contributed by atoms with Crippen molar-refractivity contribution in [3.05, 3.63) is 113 Å². The Morgan fingerprint density at radius 1 is 0.879 bits per heavy atom. The van der Waals surface area contributed by atoms with Crippen LogP contribution in [-0.2, 0) is 0 Å². The van der Waals surface area contributed by atoms with Crippen LogP contribution in [0.2, 0.25) is 0 Å². The van der Waals surface area contributed by atoms with Crippen LogP contribution in [0.3, 0.4) is 0 Å². The van der Waals surface area contributed by atoms with Gasteiger partial charge < -0.3 is 15.6 Å². The van der Waals surface area contributed by atoms with E-state index in [0.717, 1.165) is 16.6 Å². The first kappa shape index (κ1) is 20.2. The number of rotatable bonds is 4. The van der Waals surface area contributed by atoms with Gasteiger partial charge >= 0.3 is 0 Å². The molecule has 2 aromatic carbocycles. The van der Waals surface area contributed by atoms with Crippen molar-refractivity contribution in [3.8, 4) is 11.4 Å². The molecule has 8 heteroatoms. The molecule has 3 aromatic heterocycles. The van der Waals surface area contributed by atoms with Gasteiger partial charge in [0.25, 0.3) is 11.5 Å². The Kier molecular flexibility index (Phi) is 4.95. The van der Waals surface area contributed by atoms with Crippen molar-refractivity contribution in [2.24, 2.45) is 0 Å². The molecule has 0 aliphatic carbocycles. The molecule has 5 rings (SSSR count). The lowest BCUT2D eigenvalue weighted by atomic mass is 10.2. The molecule has 33 heavy (non-hydrogen) atoms. The number of nitrogen functional groups attached to an aromatic ring is 1. The summed E-state index contributed by atoms with van der Waals surface area (Å²) < 4.78 is 16.5. The maximum absolute atomic E-state index is 13.2. The molecule has 0 aliphatic rings. The van der Waals surface area contributed by atoms with Gasteiger partial charge in [-0.25, -0.2) is 9.37 Å². The molecular formula is C25H18FN5O2. The lowest BCUT2D eigenvalue weighted by Crippen LogP contribution is -2.27. The average molecular weight is 439 g/mol. The van der Waals surface area contributed by atoms with E-state index in [4.69, 9.17) is 5.73 Å². The average Bonchev–Trinajstić information content (AvgIpc) is 3.26. The molecule has 7 nitrogen and oxygen atoms in total. The Hall–Kier alpha value is -4.72. The number of pyridine rings is 2. The topological polar surface area (TPSA) is 94.9 Å². The van der Waals surface area contributed by atoms with Crippen LogP contribution >= 0.6 is 0 Å². The first-order chi connectivity index (χ1) is 16.0. The molecule has 5 aromatic rings. The van der Waals surface area contributed by atoms with Crippen molar-refractivity contribution in [2.75, 3.05) is 11.1 Å². The fourth-order valence-electron chi connectivity index (χ4n) is 3.69. The highest BCUT2D eigenvalue weighted by Gasteiger charge is 2.14. The van der Waals surface area contributed by atoms with Crippen LogP contribution in [0.5, 0.6) is 0 Å². The third-order valence-corrected chi connectivity index (χ3v) is 5.35. The highest BCUT2D eigenvalue weighted by Crippen LogP contribution is 2.24. The van der Waals surface area contributed by atoms with Gasteiger partial charge in [0.05, 0.1) is 5.52 Å². The van der Waals surface area contributed by atoms with Crippen molar-refractivity contribution in [2.45, 2.75) is 0 Å².